The first-order chi connectivity index (χ1) is 9.36. The van der Waals surface area contributed by atoms with Crippen LogP contribution in [0.25, 0.3) is 0 Å². The molecule has 1 unspecified atom stereocenters. The van der Waals surface area contributed by atoms with Crippen LogP contribution < -0.4 is 14.8 Å². The first-order valence-corrected chi connectivity index (χ1v) is 6.81. The lowest BCUT2D eigenvalue weighted by Crippen LogP contribution is -2.50. The summed E-state index contributed by atoms with van der Waals surface area (Å²) in [5.74, 6) is 1.63. The Morgan fingerprint density at radius 1 is 1.21 bits per heavy atom. The van der Waals surface area contributed by atoms with Crippen LogP contribution in [0.2, 0.25) is 0 Å². The molecule has 0 saturated carbocycles. The fraction of sp³-hybridized carbons (Fsp3) is 0.571. The number of nitrogens with one attached hydrogen (secondary N) is 1. The van der Waals surface area contributed by atoms with E-state index in [4.69, 9.17) is 9.47 Å². The van der Waals surface area contributed by atoms with Crippen molar-refractivity contribution in [3.8, 4) is 11.5 Å². The average Bonchev–Trinajstić information content (AvgIpc) is 2.93. The van der Waals surface area contributed by atoms with Gasteiger partial charge in [-0.3, -0.25) is 4.90 Å². The number of hydrogen-bond acceptors (Lipinski definition) is 5. The number of nitrogens with zero attached hydrogens (tertiary/aromatic N) is 1. The van der Waals surface area contributed by atoms with Gasteiger partial charge in [0.25, 0.3) is 0 Å². The fourth-order valence-corrected chi connectivity index (χ4v) is 2.70. The van der Waals surface area contributed by atoms with Crippen molar-refractivity contribution < 1.29 is 14.6 Å². The predicted octanol–water partition coefficient (Wildman–Crippen LogP) is 0.224. The van der Waals surface area contributed by atoms with Crippen LogP contribution in [-0.2, 0) is 6.42 Å². The second-order valence-electron chi connectivity index (χ2n) is 5.01. The highest BCUT2D eigenvalue weighted by Crippen LogP contribution is 2.32. The molecule has 104 valence electrons. The SMILES string of the molecule is OCC(Cc1ccc2c(c1)OCO2)N1CCNCC1. The molecule has 0 spiro atoms. The molecule has 1 saturated heterocycles. The van der Waals surface area contributed by atoms with Crippen molar-refractivity contribution in [1.29, 1.82) is 0 Å². The van der Waals surface area contributed by atoms with Crippen molar-refractivity contribution in [3.63, 3.8) is 0 Å². The number of aliphatic hydroxyl groups excluding tert-OH is 1. The summed E-state index contributed by atoms with van der Waals surface area (Å²) >= 11 is 0. The van der Waals surface area contributed by atoms with E-state index in [9.17, 15) is 5.11 Å². The lowest BCUT2D eigenvalue weighted by Gasteiger charge is -2.34. The number of piperazine rings is 1. The highest BCUT2D eigenvalue weighted by atomic mass is 16.7. The molecule has 2 heterocycles. The quantitative estimate of drug-likeness (QED) is 0.815. The molecule has 3 rings (SSSR count). The van der Waals surface area contributed by atoms with E-state index in [-0.39, 0.29) is 12.6 Å². The molecule has 5 heteroatoms. The molecule has 1 aromatic carbocycles. The molecule has 2 aliphatic rings. The number of aliphatic hydroxyl groups is 1. The largest absolute Gasteiger partial charge is 0.454 e. The van der Waals surface area contributed by atoms with Gasteiger partial charge in [0.2, 0.25) is 6.79 Å². The molecule has 0 radical (unpaired) electrons. The van der Waals surface area contributed by atoms with Crippen LogP contribution in [0.4, 0.5) is 0 Å². The van der Waals surface area contributed by atoms with Crippen molar-refractivity contribution in [2.75, 3.05) is 39.6 Å². The third-order valence-electron chi connectivity index (χ3n) is 3.79. The highest BCUT2D eigenvalue weighted by molar-refractivity contribution is 5.44. The van der Waals surface area contributed by atoms with Crippen LogP contribution in [0.1, 0.15) is 5.56 Å². The first-order valence-electron chi connectivity index (χ1n) is 6.81. The Morgan fingerprint density at radius 3 is 2.79 bits per heavy atom. The third-order valence-corrected chi connectivity index (χ3v) is 3.79. The van der Waals surface area contributed by atoms with Gasteiger partial charge in [-0.05, 0) is 24.1 Å². The van der Waals surface area contributed by atoms with Gasteiger partial charge in [-0.1, -0.05) is 6.07 Å². The summed E-state index contributed by atoms with van der Waals surface area (Å²) in [6, 6.07) is 6.21. The van der Waals surface area contributed by atoms with Gasteiger partial charge in [-0.15, -0.1) is 0 Å². The molecule has 2 aliphatic heterocycles. The Kier molecular flexibility index (Phi) is 3.87. The molecule has 1 aromatic rings. The molecule has 2 N–H and O–H groups in total. The first kappa shape index (κ1) is 12.7. The van der Waals surface area contributed by atoms with Crippen molar-refractivity contribution in [3.05, 3.63) is 23.8 Å². The van der Waals surface area contributed by atoms with E-state index in [2.05, 4.69) is 16.3 Å². The van der Waals surface area contributed by atoms with E-state index in [0.29, 0.717) is 6.79 Å². The number of fused-ring (bicyclic) bond motifs is 1. The smallest absolute Gasteiger partial charge is 0.231 e. The third kappa shape index (κ3) is 2.83. The Morgan fingerprint density at radius 2 is 2.00 bits per heavy atom. The number of hydrogen-bond donors (Lipinski definition) is 2. The summed E-state index contributed by atoms with van der Waals surface area (Å²) in [7, 11) is 0. The number of rotatable bonds is 4. The average molecular weight is 264 g/mol. The number of benzene rings is 1. The second kappa shape index (κ2) is 5.77. The zero-order chi connectivity index (χ0) is 13.1. The lowest BCUT2D eigenvalue weighted by atomic mass is 10.0. The molecular formula is C14H20N2O3. The zero-order valence-electron chi connectivity index (χ0n) is 11.0. The molecule has 0 aromatic heterocycles. The monoisotopic (exact) mass is 264 g/mol. The summed E-state index contributed by atoms with van der Waals surface area (Å²) in [6.45, 7) is 4.48. The van der Waals surface area contributed by atoms with Crippen LogP contribution in [-0.4, -0.2) is 55.6 Å². The van der Waals surface area contributed by atoms with E-state index in [1.807, 2.05) is 12.1 Å². The minimum atomic E-state index is 0.183. The Labute approximate surface area is 113 Å². The van der Waals surface area contributed by atoms with Gasteiger partial charge in [0, 0.05) is 32.2 Å². The summed E-state index contributed by atoms with van der Waals surface area (Å²) < 4.78 is 10.7. The van der Waals surface area contributed by atoms with Crippen LogP contribution in [0.15, 0.2) is 18.2 Å². The molecule has 5 nitrogen and oxygen atoms in total. The van der Waals surface area contributed by atoms with Gasteiger partial charge in [0.15, 0.2) is 11.5 Å². The zero-order valence-corrected chi connectivity index (χ0v) is 11.0. The maximum Gasteiger partial charge on any atom is 0.231 e. The van der Waals surface area contributed by atoms with Crippen LogP contribution in [0.5, 0.6) is 11.5 Å². The Bertz CT molecular complexity index is 433. The summed E-state index contributed by atoms with van der Waals surface area (Å²) in [5, 5.41) is 12.9. The topological polar surface area (TPSA) is 54.0 Å². The number of ether oxygens (including phenoxy) is 2. The Balaban J connectivity index is 1.68. The maximum atomic E-state index is 9.62. The maximum absolute atomic E-state index is 9.62. The summed E-state index contributed by atoms with van der Waals surface area (Å²) in [4.78, 5) is 2.35. The van der Waals surface area contributed by atoms with Crippen molar-refractivity contribution >= 4 is 0 Å². The molecule has 1 fully saturated rings. The summed E-state index contributed by atoms with van der Waals surface area (Å²) in [5.41, 5.74) is 1.18. The van der Waals surface area contributed by atoms with E-state index in [0.717, 1.165) is 44.1 Å². The van der Waals surface area contributed by atoms with E-state index >= 15 is 0 Å². The lowest BCUT2D eigenvalue weighted by molar-refractivity contribution is 0.110. The van der Waals surface area contributed by atoms with Crippen molar-refractivity contribution in [1.82, 2.24) is 10.2 Å². The van der Waals surface area contributed by atoms with E-state index in [1.165, 1.54) is 5.56 Å². The van der Waals surface area contributed by atoms with Crippen LogP contribution >= 0.6 is 0 Å². The standard InChI is InChI=1S/C14H20N2O3/c17-9-12(16-5-3-15-4-6-16)7-11-1-2-13-14(8-11)19-10-18-13/h1-2,8,12,15,17H,3-7,9-10H2. The van der Waals surface area contributed by atoms with E-state index in [1.54, 1.807) is 0 Å². The normalized spacial score (nSPS) is 20.5. The molecular weight excluding hydrogens is 244 g/mol. The van der Waals surface area contributed by atoms with Crippen molar-refractivity contribution in [2.45, 2.75) is 12.5 Å². The minimum absolute atomic E-state index is 0.183. The van der Waals surface area contributed by atoms with Crippen LogP contribution in [0, 0.1) is 0 Å². The highest BCUT2D eigenvalue weighted by Gasteiger charge is 2.21. The molecule has 0 bridgehead atoms. The van der Waals surface area contributed by atoms with Gasteiger partial charge < -0.3 is 19.9 Å². The van der Waals surface area contributed by atoms with Crippen LogP contribution in [0.3, 0.4) is 0 Å². The van der Waals surface area contributed by atoms with Gasteiger partial charge in [0.05, 0.1) is 6.61 Å². The van der Waals surface area contributed by atoms with Gasteiger partial charge in [0.1, 0.15) is 0 Å². The molecule has 0 aliphatic carbocycles. The molecule has 1 atom stereocenters. The van der Waals surface area contributed by atoms with Gasteiger partial charge >= 0.3 is 0 Å². The van der Waals surface area contributed by atoms with Crippen molar-refractivity contribution in [2.24, 2.45) is 0 Å². The minimum Gasteiger partial charge on any atom is -0.454 e. The molecule has 19 heavy (non-hydrogen) atoms. The Hall–Kier alpha value is -1.30. The second-order valence-corrected chi connectivity index (χ2v) is 5.01. The van der Waals surface area contributed by atoms with Gasteiger partial charge in [-0.25, -0.2) is 0 Å². The molecule has 0 amide bonds. The predicted molar refractivity (Wildman–Crippen MR) is 71.6 cm³/mol. The fourth-order valence-electron chi connectivity index (χ4n) is 2.70. The van der Waals surface area contributed by atoms with E-state index < -0.39 is 0 Å². The van der Waals surface area contributed by atoms with Gasteiger partial charge in [-0.2, -0.15) is 0 Å². The summed E-state index contributed by atoms with van der Waals surface area (Å²) in [6.07, 6.45) is 0.840.